The van der Waals surface area contributed by atoms with Crippen LogP contribution < -0.4 is 11.5 Å². The van der Waals surface area contributed by atoms with Gasteiger partial charge >= 0.3 is 0 Å². The number of nitrogen functional groups attached to an aromatic ring is 2. The molecular weight excluding hydrogens is 236 g/mol. The molecule has 2 rings (SSSR count). The summed E-state index contributed by atoms with van der Waals surface area (Å²) in [5.74, 6) is 0. The van der Waals surface area contributed by atoms with Crippen LogP contribution in [0.2, 0.25) is 0 Å². The zero-order chi connectivity index (χ0) is 12.0. The maximum Gasteiger partial charge on any atom is 0.0314 e. The van der Waals surface area contributed by atoms with E-state index in [1.54, 1.807) is 0 Å². The number of hydrogen-bond donors (Lipinski definition) is 4. The topological polar surface area (TPSA) is 52.0 Å². The lowest BCUT2D eigenvalue weighted by Gasteiger charge is -1.89. The van der Waals surface area contributed by atoms with E-state index in [9.17, 15) is 0 Å². The van der Waals surface area contributed by atoms with Crippen molar-refractivity contribution in [3.8, 4) is 0 Å². The van der Waals surface area contributed by atoms with Crippen LogP contribution in [0.25, 0.3) is 0 Å². The Morgan fingerprint density at radius 3 is 1.00 bits per heavy atom. The summed E-state index contributed by atoms with van der Waals surface area (Å²) in [6.07, 6.45) is 0. The predicted octanol–water partition coefficient (Wildman–Crippen LogP) is 3.12. The van der Waals surface area contributed by atoms with E-state index in [1.165, 1.54) is 0 Å². The van der Waals surface area contributed by atoms with Crippen LogP contribution in [-0.4, -0.2) is 0 Å². The van der Waals surface area contributed by atoms with Gasteiger partial charge in [-0.2, -0.15) is 0 Å². The molecule has 0 saturated heterocycles. The zero-order valence-electron chi connectivity index (χ0n) is 8.67. The van der Waals surface area contributed by atoms with Gasteiger partial charge in [-0.3, -0.25) is 0 Å². The molecule has 0 fully saturated rings. The van der Waals surface area contributed by atoms with Crippen LogP contribution in [0.1, 0.15) is 0 Å². The highest BCUT2D eigenvalue weighted by Crippen LogP contribution is 2.08. The molecule has 0 bridgehead atoms. The van der Waals surface area contributed by atoms with E-state index >= 15 is 0 Å². The number of hydrogen-bond acceptors (Lipinski definition) is 4. The fourth-order valence-corrected chi connectivity index (χ4v) is 1.25. The number of nitrogens with two attached hydrogens (primary N) is 2. The minimum absolute atomic E-state index is 0.780. The first-order valence-electron chi connectivity index (χ1n) is 4.67. The second-order valence-corrected chi connectivity index (χ2v) is 4.22. The minimum Gasteiger partial charge on any atom is -0.399 e. The van der Waals surface area contributed by atoms with Gasteiger partial charge in [0.2, 0.25) is 0 Å². The van der Waals surface area contributed by atoms with E-state index in [1.807, 2.05) is 48.5 Å². The maximum absolute atomic E-state index is 5.39. The molecule has 4 heteroatoms. The lowest BCUT2D eigenvalue weighted by Crippen LogP contribution is -1.80. The van der Waals surface area contributed by atoms with Crippen LogP contribution in [0.15, 0.2) is 58.3 Å². The van der Waals surface area contributed by atoms with Crippen molar-refractivity contribution < 1.29 is 0 Å². The van der Waals surface area contributed by atoms with Crippen molar-refractivity contribution >= 4 is 36.6 Å². The molecule has 0 saturated carbocycles. The van der Waals surface area contributed by atoms with Gasteiger partial charge in [-0.1, -0.05) is 0 Å². The predicted molar refractivity (Wildman–Crippen MR) is 76.2 cm³/mol. The van der Waals surface area contributed by atoms with E-state index in [0.29, 0.717) is 0 Å². The average molecular weight is 250 g/mol. The van der Waals surface area contributed by atoms with Crippen molar-refractivity contribution in [2.24, 2.45) is 0 Å². The SMILES string of the molecule is Nc1ccc(S)cc1.Nc1ccc(S)cc1. The van der Waals surface area contributed by atoms with Crippen molar-refractivity contribution in [3.05, 3.63) is 48.5 Å². The average Bonchev–Trinajstić information content (AvgIpc) is 2.28. The largest absolute Gasteiger partial charge is 0.399 e. The Morgan fingerprint density at radius 1 is 0.562 bits per heavy atom. The standard InChI is InChI=1S/2C6H7NS/c2*7-5-1-3-6(8)4-2-5/h2*1-4,8H,7H2. The van der Waals surface area contributed by atoms with Crippen molar-refractivity contribution in [2.45, 2.75) is 9.79 Å². The number of rotatable bonds is 0. The van der Waals surface area contributed by atoms with Crippen molar-refractivity contribution in [2.75, 3.05) is 11.5 Å². The molecule has 0 atom stereocenters. The van der Waals surface area contributed by atoms with E-state index < -0.39 is 0 Å². The molecular formula is C12H14N2S2. The smallest absolute Gasteiger partial charge is 0.0314 e. The third-order valence-electron chi connectivity index (χ3n) is 1.79. The van der Waals surface area contributed by atoms with Gasteiger partial charge < -0.3 is 11.5 Å². The highest BCUT2D eigenvalue weighted by atomic mass is 32.1. The molecule has 0 radical (unpaired) electrons. The zero-order valence-corrected chi connectivity index (χ0v) is 10.5. The normalized spacial score (nSPS) is 9.12. The number of anilines is 2. The summed E-state index contributed by atoms with van der Waals surface area (Å²) in [5.41, 5.74) is 12.3. The van der Waals surface area contributed by atoms with Crippen LogP contribution in [-0.2, 0) is 0 Å². The molecule has 0 aliphatic carbocycles. The summed E-state index contributed by atoms with van der Waals surface area (Å²) in [6.45, 7) is 0. The van der Waals surface area contributed by atoms with Crippen LogP contribution in [0.5, 0.6) is 0 Å². The second-order valence-electron chi connectivity index (χ2n) is 3.18. The molecule has 2 aromatic rings. The van der Waals surface area contributed by atoms with Gasteiger partial charge in [-0.15, -0.1) is 25.3 Å². The highest BCUT2D eigenvalue weighted by molar-refractivity contribution is 7.80. The first-order valence-corrected chi connectivity index (χ1v) is 5.56. The Balaban J connectivity index is 0.000000160. The summed E-state index contributed by atoms with van der Waals surface area (Å²) >= 11 is 8.15. The number of benzene rings is 2. The fraction of sp³-hybridized carbons (Fsp3) is 0. The summed E-state index contributed by atoms with van der Waals surface area (Å²) in [6, 6.07) is 14.7. The molecule has 16 heavy (non-hydrogen) atoms. The summed E-state index contributed by atoms with van der Waals surface area (Å²) in [5, 5.41) is 0. The molecule has 0 unspecified atom stereocenters. The lowest BCUT2D eigenvalue weighted by molar-refractivity contribution is 1.48. The quantitative estimate of drug-likeness (QED) is 0.429. The first kappa shape index (κ1) is 12.8. The highest BCUT2D eigenvalue weighted by Gasteiger charge is 1.81. The van der Waals surface area contributed by atoms with E-state index in [2.05, 4.69) is 25.3 Å². The molecule has 2 aromatic carbocycles. The Kier molecular flexibility index (Phi) is 5.08. The monoisotopic (exact) mass is 250 g/mol. The van der Waals surface area contributed by atoms with Gasteiger partial charge in [-0.05, 0) is 48.5 Å². The molecule has 0 aromatic heterocycles. The van der Waals surface area contributed by atoms with Crippen molar-refractivity contribution in [1.29, 1.82) is 0 Å². The third-order valence-corrected chi connectivity index (χ3v) is 2.38. The van der Waals surface area contributed by atoms with Gasteiger partial charge in [0, 0.05) is 21.2 Å². The molecule has 0 amide bonds. The molecule has 0 heterocycles. The van der Waals surface area contributed by atoms with E-state index in [4.69, 9.17) is 11.5 Å². The minimum atomic E-state index is 0.780. The third kappa shape index (κ3) is 5.00. The van der Waals surface area contributed by atoms with E-state index in [0.717, 1.165) is 21.2 Å². The number of thiol groups is 2. The van der Waals surface area contributed by atoms with Crippen molar-refractivity contribution in [3.63, 3.8) is 0 Å². The second kappa shape index (κ2) is 6.35. The van der Waals surface area contributed by atoms with Crippen LogP contribution in [0, 0.1) is 0 Å². The summed E-state index contributed by atoms with van der Waals surface area (Å²) in [4.78, 5) is 1.89. The van der Waals surface area contributed by atoms with Crippen LogP contribution in [0.3, 0.4) is 0 Å². The Bertz CT molecular complexity index is 338. The lowest BCUT2D eigenvalue weighted by atomic mass is 10.3. The summed E-state index contributed by atoms with van der Waals surface area (Å²) in [7, 11) is 0. The summed E-state index contributed by atoms with van der Waals surface area (Å²) < 4.78 is 0. The van der Waals surface area contributed by atoms with E-state index in [-0.39, 0.29) is 0 Å². The van der Waals surface area contributed by atoms with Crippen molar-refractivity contribution in [1.82, 2.24) is 0 Å². The van der Waals surface area contributed by atoms with Gasteiger partial charge in [0.25, 0.3) is 0 Å². The van der Waals surface area contributed by atoms with Gasteiger partial charge in [0.1, 0.15) is 0 Å². The van der Waals surface area contributed by atoms with Gasteiger partial charge in [0.05, 0.1) is 0 Å². The maximum atomic E-state index is 5.39. The molecule has 0 aliphatic rings. The Hall–Kier alpha value is -1.26. The van der Waals surface area contributed by atoms with Gasteiger partial charge in [0.15, 0.2) is 0 Å². The van der Waals surface area contributed by atoms with Gasteiger partial charge in [-0.25, -0.2) is 0 Å². The molecule has 84 valence electrons. The molecule has 2 nitrogen and oxygen atoms in total. The van der Waals surface area contributed by atoms with Crippen LogP contribution >= 0.6 is 25.3 Å². The first-order chi connectivity index (χ1) is 7.58. The molecule has 0 spiro atoms. The fourth-order valence-electron chi connectivity index (χ4n) is 0.949. The molecule has 4 N–H and O–H groups in total. The Labute approximate surface area is 106 Å². The Morgan fingerprint density at radius 2 is 0.812 bits per heavy atom. The molecule has 0 aliphatic heterocycles. The van der Waals surface area contributed by atoms with Crippen LogP contribution in [0.4, 0.5) is 11.4 Å².